The quantitative estimate of drug-likeness (QED) is 0.231. The highest BCUT2D eigenvalue weighted by Gasteiger charge is 2.21. The molecule has 0 aromatic heterocycles. The number of aliphatic imine (C=N–C) groups is 2. The molecule has 0 bridgehead atoms. The third-order valence-corrected chi connectivity index (χ3v) is 4.44. The van der Waals surface area contributed by atoms with Crippen LogP contribution in [0.2, 0.25) is 0 Å². The number of hydrogen-bond donors (Lipinski definition) is 2. The van der Waals surface area contributed by atoms with Crippen LogP contribution in [0.4, 0.5) is 0 Å². The van der Waals surface area contributed by atoms with Crippen molar-refractivity contribution in [3.8, 4) is 0 Å². The topological polar surface area (TPSA) is 112 Å². The Morgan fingerprint density at radius 3 is 2.69 bits per heavy atom. The van der Waals surface area contributed by atoms with Crippen LogP contribution >= 0.6 is 0 Å². The summed E-state index contributed by atoms with van der Waals surface area (Å²) in [7, 11) is 1.58. The van der Waals surface area contributed by atoms with E-state index in [1.807, 2.05) is 19.2 Å². The molecule has 8 nitrogen and oxygen atoms in total. The van der Waals surface area contributed by atoms with Gasteiger partial charge in [-0.1, -0.05) is 42.4 Å². The minimum Gasteiger partial charge on any atom is -0.349 e. The maximum atomic E-state index is 12.6. The van der Waals surface area contributed by atoms with Crippen LogP contribution in [0.15, 0.2) is 63.5 Å². The van der Waals surface area contributed by atoms with Crippen molar-refractivity contribution < 1.29 is 9.59 Å². The van der Waals surface area contributed by atoms with E-state index >= 15 is 0 Å². The molecule has 0 amide bonds. The van der Waals surface area contributed by atoms with Gasteiger partial charge in [0.15, 0.2) is 17.5 Å². The van der Waals surface area contributed by atoms with Crippen molar-refractivity contribution >= 4 is 23.7 Å². The Hall–Kier alpha value is -3.42. The van der Waals surface area contributed by atoms with Crippen LogP contribution < -0.4 is 10.6 Å². The fraction of sp³-hybridized carbons (Fsp3) is 0.333. The van der Waals surface area contributed by atoms with Crippen LogP contribution in [-0.2, 0) is 11.3 Å². The van der Waals surface area contributed by atoms with Crippen molar-refractivity contribution in [3.63, 3.8) is 0 Å². The second-order valence-electron chi connectivity index (χ2n) is 6.65. The van der Waals surface area contributed by atoms with E-state index in [-0.39, 0.29) is 36.5 Å². The predicted molar refractivity (Wildman–Crippen MR) is 114 cm³/mol. The first-order valence-electron chi connectivity index (χ1n) is 9.26. The molecule has 8 heteroatoms. The van der Waals surface area contributed by atoms with Crippen LogP contribution in [0, 0.1) is 16.7 Å². The lowest BCUT2D eigenvalue weighted by molar-refractivity contribution is -0.112. The summed E-state index contributed by atoms with van der Waals surface area (Å²) in [6.07, 6.45) is 6.94. The first-order chi connectivity index (χ1) is 14.0. The largest absolute Gasteiger partial charge is 0.349 e. The SMILES string of the molecule is CN=C(NCC(=O)c1ccccc1CN=O)N/C(=C\C(C)=O)C1C=CN=CC1C. The van der Waals surface area contributed by atoms with E-state index in [4.69, 9.17) is 0 Å². The Labute approximate surface area is 169 Å². The first-order valence-corrected chi connectivity index (χ1v) is 9.26. The van der Waals surface area contributed by atoms with E-state index in [0.717, 1.165) is 0 Å². The summed E-state index contributed by atoms with van der Waals surface area (Å²) in [6, 6.07) is 6.86. The first kappa shape index (κ1) is 21.9. The van der Waals surface area contributed by atoms with Crippen LogP contribution in [0.1, 0.15) is 29.8 Å². The molecular weight excluding hydrogens is 370 g/mol. The molecule has 2 N–H and O–H groups in total. The predicted octanol–water partition coefficient (Wildman–Crippen LogP) is 2.62. The number of allylic oxidation sites excluding steroid dienone is 2. The molecule has 2 atom stereocenters. The fourth-order valence-corrected chi connectivity index (χ4v) is 2.99. The highest BCUT2D eigenvalue weighted by molar-refractivity contribution is 6.01. The van der Waals surface area contributed by atoms with Gasteiger partial charge in [-0.2, -0.15) is 4.91 Å². The summed E-state index contributed by atoms with van der Waals surface area (Å²) >= 11 is 0. The monoisotopic (exact) mass is 395 g/mol. The highest BCUT2D eigenvalue weighted by atomic mass is 16.3. The maximum absolute atomic E-state index is 12.6. The minimum absolute atomic E-state index is 0.0274. The van der Waals surface area contributed by atoms with Crippen molar-refractivity contribution in [3.05, 3.63) is 64.3 Å². The lowest BCUT2D eigenvalue weighted by atomic mass is 9.89. The number of benzene rings is 1. The van der Waals surface area contributed by atoms with Crippen LogP contribution in [0.5, 0.6) is 0 Å². The standard InChI is InChI=1S/C21H25N5O3/c1-14-11-23-9-8-17(14)19(10-15(2)27)26-21(22-3)24-13-20(28)18-7-5-4-6-16(18)12-25-29/h4-11,14,17H,12-13H2,1-3H3,(H2,22,24,26)/b19-10-. The molecule has 0 radical (unpaired) electrons. The molecule has 29 heavy (non-hydrogen) atoms. The summed E-state index contributed by atoms with van der Waals surface area (Å²) in [5.41, 5.74) is 1.68. The molecule has 152 valence electrons. The van der Waals surface area contributed by atoms with Crippen LogP contribution in [0.25, 0.3) is 0 Å². The summed E-state index contributed by atoms with van der Waals surface area (Å²) < 4.78 is 0. The zero-order valence-corrected chi connectivity index (χ0v) is 16.8. The number of carbonyl (C=O) groups excluding carboxylic acids is 2. The lowest BCUT2D eigenvalue weighted by Crippen LogP contribution is -2.42. The molecule has 2 rings (SSSR count). The van der Waals surface area contributed by atoms with Crippen molar-refractivity contribution in [1.82, 2.24) is 10.6 Å². The third kappa shape index (κ3) is 6.31. The van der Waals surface area contributed by atoms with E-state index in [1.54, 1.807) is 37.5 Å². The molecule has 1 aliphatic rings. The number of nitrogens with zero attached hydrogens (tertiary/aromatic N) is 3. The summed E-state index contributed by atoms with van der Waals surface area (Å²) in [4.78, 5) is 43.1. The van der Waals surface area contributed by atoms with Gasteiger partial charge in [0, 0.05) is 48.6 Å². The fourth-order valence-electron chi connectivity index (χ4n) is 2.99. The summed E-state index contributed by atoms with van der Waals surface area (Å²) in [5.74, 6) is 0.102. The number of Topliss-reactive ketones (excluding diaryl/α,β-unsaturated/α-hetero) is 1. The molecule has 1 aliphatic heterocycles. The summed E-state index contributed by atoms with van der Waals surface area (Å²) in [5, 5.41) is 8.96. The number of rotatable bonds is 8. The minimum atomic E-state index is -0.192. The highest BCUT2D eigenvalue weighted by Crippen LogP contribution is 2.22. The van der Waals surface area contributed by atoms with Gasteiger partial charge in [-0.05, 0) is 12.5 Å². The van der Waals surface area contributed by atoms with Gasteiger partial charge in [0.05, 0.1) is 6.54 Å². The van der Waals surface area contributed by atoms with Crippen LogP contribution in [0.3, 0.4) is 0 Å². The Morgan fingerprint density at radius 1 is 1.28 bits per heavy atom. The molecule has 0 fully saturated rings. The van der Waals surface area contributed by atoms with Crippen molar-refractivity contribution in [2.75, 3.05) is 13.6 Å². The summed E-state index contributed by atoms with van der Waals surface area (Å²) in [6.45, 7) is 3.39. The number of hydrogen-bond acceptors (Lipinski definition) is 6. The van der Waals surface area contributed by atoms with Gasteiger partial charge in [0.25, 0.3) is 0 Å². The number of carbonyl (C=O) groups is 2. The molecule has 0 spiro atoms. The van der Waals surface area contributed by atoms with Gasteiger partial charge >= 0.3 is 0 Å². The van der Waals surface area contributed by atoms with Crippen molar-refractivity contribution in [1.29, 1.82) is 0 Å². The van der Waals surface area contributed by atoms with E-state index in [2.05, 4.69) is 25.8 Å². The molecule has 0 aliphatic carbocycles. The second kappa shape index (κ2) is 10.8. The second-order valence-corrected chi connectivity index (χ2v) is 6.65. The van der Waals surface area contributed by atoms with E-state index in [1.165, 1.54) is 13.0 Å². The van der Waals surface area contributed by atoms with Gasteiger partial charge in [-0.15, -0.1) is 0 Å². The van der Waals surface area contributed by atoms with E-state index in [0.29, 0.717) is 22.8 Å². The molecule has 1 heterocycles. The average Bonchev–Trinajstić information content (AvgIpc) is 2.71. The van der Waals surface area contributed by atoms with Crippen molar-refractivity contribution in [2.45, 2.75) is 20.4 Å². The zero-order chi connectivity index (χ0) is 21.2. The van der Waals surface area contributed by atoms with Crippen LogP contribution in [-0.4, -0.2) is 37.3 Å². The lowest BCUT2D eigenvalue weighted by Gasteiger charge is -2.24. The molecule has 1 aromatic carbocycles. The third-order valence-electron chi connectivity index (χ3n) is 4.44. The molecule has 2 unspecified atom stereocenters. The van der Waals surface area contributed by atoms with Gasteiger partial charge in [-0.3, -0.25) is 19.6 Å². The Kier molecular flexibility index (Phi) is 8.14. The Morgan fingerprint density at radius 2 is 2.03 bits per heavy atom. The normalized spacial score (nSPS) is 19.0. The zero-order valence-electron chi connectivity index (χ0n) is 16.8. The molecule has 0 saturated carbocycles. The number of nitrogens with one attached hydrogen (secondary N) is 2. The Bertz CT molecular complexity index is 886. The number of nitroso groups, excluding NO2 is 1. The van der Waals surface area contributed by atoms with Gasteiger partial charge < -0.3 is 10.6 Å². The van der Waals surface area contributed by atoms with E-state index in [9.17, 15) is 14.5 Å². The Balaban J connectivity index is 2.10. The molecular formula is C21H25N5O3. The molecule has 0 saturated heterocycles. The smallest absolute Gasteiger partial charge is 0.195 e. The average molecular weight is 395 g/mol. The van der Waals surface area contributed by atoms with Gasteiger partial charge in [0.1, 0.15) is 6.54 Å². The number of ketones is 2. The van der Waals surface area contributed by atoms with Crippen molar-refractivity contribution in [2.24, 2.45) is 27.0 Å². The number of guanidine groups is 1. The van der Waals surface area contributed by atoms with E-state index < -0.39 is 0 Å². The maximum Gasteiger partial charge on any atom is 0.195 e. The van der Waals surface area contributed by atoms with Gasteiger partial charge in [-0.25, -0.2) is 0 Å². The molecule has 1 aromatic rings. The van der Waals surface area contributed by atoms with Gasteiger partial charge in [0.2, 0.25) is 0 Å².